The average molecular weight is 271 g/mol. The van der Waals surface area contributed by atoms with Crippen LogP contribution in [0.15, 0.2) is 0 Å². The standard InChI is InChI=1S/C15H29NO3/c1-14(2,3)9-12(11-17)16-13(18)10-15(19)7-5-4-6-8-15/h12,17,19H,4-11H2,1-3H3,(H,16,18). The summed E-state index contributed by atoms with van der Waals surface area (Å²) in [5.74, 6) is -0.146. The van der Waals surface area contributed by atoms with E-state index in [2.05, 4.69) is 26.1 Å². The Hall–Kier alpha value is -0.610. The van der Waals surface area contributed by atoms with Crippen LogP contribution in [0.1, 0.15) is 65.7 Å². The molecule has 0 heterocycles. The van der Waals surface area contributed by atoms with E-state index in [1.54, 1.807) is 0 Å². The summed E-state index contributed by atoms with van der Waals surface area (Å²) in [4.78, 5) is 12.0. The molecule has 0 aromatic heterocycles. The first-order chi connectivity index (χ1) is 8.74. The Morgan fingerprint density at radius 2 is 1.84 bits per heavy atom. The number of rotatable bonds is 5. The van der Waals surface area contributed by atoms with Gasteiger partial charge in [0.15, 0.2) is 0 Å². The number of amides is 1. The van der Waals surface area contributed by atoms with E-state index in [9.17, 15) is 15.0 Å². The molecule has 19 heavy (non-hydrogen) atoms. The smallest absolute Gasteiger partial charge is 0.223 e. The zero-order valence-corrected chi connectivity index (χ0v) is 12.5. The van der Waals surface area contributed by atoms with Crippen molar-refractivity contribution in [2.75, 3.05) is 6.61 Å². The third-order valence-corrected chi connectivity index (χ3v) is 3.72. The summed E-state index contributed by atoms with van der Waals surface area (Å²) in [5.41, 5.74) is -0.771. The molecule has 1 amide bonds. The molecule has 3 N–H and O–H groups in total. The second kappa shape index (κ2) is 6.71. The highest BCUT2D eigenvalue weighted by atomic mass is 16.3. The largest absolute Gasteiger partial charge is 0.394 e. The first-order valence-electron chi connectivity index (χ1n) is 7.37. The van der Waals surface area contributed by atoms with Crippen LogP contribution in [0.3, 0.4) is 0 Å². The van der Waals surface area contributed by atoms with E-state index >= 15 is 0 Å². The number of aliphatic hydroxyl groups excluding tert-OH is 1. The number of nitrogens with one attached hydrogen (secondary N) is 1. The van der Waals surface area contributed by atoms with Crippen molar-refractivity contribution >= 4 is 5.91 Å². The van der Waals surface area contributed by atoms with Gasteiger partial charge in [0.25, 0.3) is 0 Å². The highest BCUT2D eigenvalue weighted by Gasteiger charge is 2.32. The van der Waals surface area contributed by atoms with Crippen molar-refractivity contribution in [2.24, 2.45) is 5.41 Å². The SMILES string of the molecule is CC(C)(C)CC(CO)NC(=O)CC1(O)CCCCC1. The first-order valence-corrected chi connectivity index (χ1v) is 7.37. The molecule has 1 rings (SSSR count). The van der Waals surface area contributed by atoms with Crippen molar-refractivity contribution in [3.8, 4) is 0 Å². The van der Waals surface area contributed by atoms with Gasteiger partial charge in [-0.25, -0.2) is 0 Å². The van der Waals surface area contributed by atoms with E-state index in [4.69, 9.17) is 0 Å². The Bertz CT molecular complexity index is 290. The number of carbonyl (C=O) groups excluding carboxylic acids is 1. The molecule has 1 fully saturated rings. The van der Waals surface area contributed by atoms with Crippen LogP contribution in [0.2, 0.25) is 0 Å². The fourth-order valence-electron chi connectivity index (χ4n) is 2.86. The van der Waals surface area contributed by atoms with Crippen molar-refractivity contribution in [2.45, 2.75) is 77.4 Å². The van der Waals surface area contributed by atoms with Gasteiger partial charge in [0, 0.05) is 0 Å². The summed E-state index contributed by atoms with van der Waals surface area (Å²) >= 11 is 0. The lowest BCUT2D eigenvalue weighted by Gasteiger charge is -2.32. The van der Waals surface area contributed by atoms with E-state index < -0.39 is 5.60 Å². The van der Waals surface area contributed by atoms with Crippen LogP contribution in [0.5, 0.6) is 0 Å². The van der Waals surface area contributed by atoms with E-state index in [0.717, 1.165) is 25.7 Å². The quantitative estimate of drug-likeness (QED) is 0.716. The molecule has 1 aliphatic rings. The number of hydrogen-bond donors (Lipinski definition) is 3. The van der Waals surface area contributed by atoms with Gasteiger partial charge in [-0.1, -0.05) is 40.0 Å². The van der Waals surface area contributed by atoms with Gasteiger partial charge in [0.05, 0.1) is 24.7 Å². The summed E-state index contributed by atoms with van der Waals surface area (Å²) in [5, 5.41) is 22.5. The molecule has 4 nitrogen and oxygen atoms in total. The number of aliphatic hydroxyl groups is 2. The Kier molecular flexibility index (Phi) is 5.81. The van der Waals surface area contributed by atoms with Crippen molar-refractivity contribution in [1.29, 1.82) is 0 Å². The van der Waals surface area contributed by atoms with Crippen LogP contribution in [-0.4, -0.2) is 34.4 Å². The molecule has 112 valence electrons. The van der Waals surface area contributed by atoms with Crippen LogP contribution in [0, 0.1) is 5.41 Å². The third-order valence-electron chi connectivity index (χ3n) is 3.72. The van der Waals surface area contributed by atoms with Gasteiger partial charge in [0.1, 0.15) is 0 Å². The first kappa shape index (κ1) is 16.4. The molecule has 0 aliphatic heterocycles. The summed E-state index contributed by atoms with van der Waals surface area (Å²) in [6, 6.07) is -0.223. The minimum Gasteiger partial charge on any atom is -0.394 e. The lowest BCUT2D eigenvalue weighted by molar-refractivity contribution is -0.128. The minimum absolute atomic E-state index is 0.0541. The van der Waals surface area contributed by atoms with E-state index in [1.807, 2.05) is 0 Å². The van der Waals surface area contributed by atoms with Crippen molar-refractivity contribution in [3.05, 3.63) is 0 Å². The second-order valence-corrected chi connectivity index (χ2v) is 7.17. The molecule has 0 aromatic carbocycles. The molecule has 0 radical (unpaired) electrons. The number of hydrogen-bond acceptors (Lipinski definition) is 3. The van der Waals surface area contributed by atoms with Gasteiger partial charge in [-0.2, -0.15) is 0 Å². The van der Waals surface area contributed by atoms with Gasteiger partial charge in [0.2, 0.25) is 5.91 Å². The van der Waals surface area contributed by atoms with Gasteiger partial charge in [-0.3, -0.25) is 4.79 Å². The Morgan fingerprint density at radius 1 is 1.26 bits per heavy atom. The van der Waals surface area contributed by atoms with Crippen molar-refractivity contribution in [1.82, 2.24) is 5.32 Å². The maximum atomic E-state index is 12.0. The molecule has 0 aromatic rings. The van der Waals surface area contributed by atoms with Crippen LogP contribution < -0.4 is 5.32 Å². The summed E-state index contributed by atoms with van der Waals surface area (Å²) in [6.45, 7) is 6.19. The van der Waals surface area contributed by atoms with Crippen LogP contribution in [-0.2, 0) is 4.79 Å². The molecule has 4 heteroatoms. The Labute approximate surface area is 116 Å². The summed E-state index contributed by atoms with van der Waals surface area (Å²) in [6.07, 6.45) is 5.45. The van der Waals surface area contributed by atoms with Gasteiger partial charge in [-0.05, 0) is 24.7 Å². The van der Waals surface area contributed by atoms with Gasteiger partial charge >= 0.3 is 0 Å². The minimum atomic E-state index is -0.829. The highest BCUT2D eigenvalue weighted by Crippen LogP contribution is 2.30. The zero-order valence-electron chi connectivity index (χ0n) is 12.5. The molecule has 1 saturated carbocycles. The van der Waals surface area contributed by atoms with E-state index in [1.165, 1.54) is 0 Å². The van der Waals surface area contributed by atoms with E-state index in [-0.39, 0.29) is 30.4 Å². The second-order valence-electron chi connectivity index (χ2n) is 7.17. The molecule has 1 atom stereocenters. The topological polar surface area (TPSA) is 69.6 Å². The van der Waals surface area contributed by atoms with Crippen LogP contribution in [0.4, 0.5) is 0 Å². The average Bonchev–Trinajstić information content (AvgIpc) is 2.26. The zero-order chi connectivity index (χ0) is 14.5. The highest BCUT2D eigenvalue weighted by molar-refractivity contribution is 5.77. The molecule has 1 aliphatic carbocycles. The maximum Gasteiger partial charge on any atom is 0.223 e. The predicted octanol–water partition coefficient (Wildman–Crippen LogP) is 1.98. The third kappa shape index (κ3) is 6.39. The molecular formula is C15H29NO3. The molecule has 0 saturated heterocycles. The van der Waals surface area contributed by atoms with Gasteiger partial charge in [-0.15, -0.1) is 0 Å². The lowest BCUT2D eigenvalue weighted by Crippen LogP contribution is -2.44. The Morgan fingerprint density at radius 3 is 2.32 bits per heavy atom. The lowest BCUT2D eigenvalue weighted by atomic mass is 9.82. The fraction of sp³-hybridized carbons (Fsp3) is 0.933. The van der Waals surface area contributed by atoms with E-state index in [0.29, 0.717) is 12.8 Å². The molecule has 1 unspecified atom stereocenters. The van der Waals surface area contributed by atoms with Gasteiger partial charge < -0.3 is 15.5 Å². The Balaban J connectivity index is 2.44. The predicted molar refractivity (Wildman–Crippen MR) is 75.7 cm³/mol. The molecule has 0 bridgehead atoms. The maximum absolute atomic E-state index is 12.0. The monoisotopic (exact) mass is 271 g/mol. The fourth-order valence-corrected chi connectivity index (χ4v) is 2.86. The van der Waals surface area contributed by atoms with Crippen LogP contribution >= 0.6 is 0 Å². The number of carbonyl (C=O) groups is 1. The normalized spacial score (nSPS) is 20.9. The summed E-state index contributed by atoms with van der Waals surface area (Å²) < 4.78 is 0. The van der Waals surface area contributed by atoms with Crippen LogP contribution in [0.25, 0.3) is 0 Å². The van der Waals surface area contributed by atoms with Crippen molar-refractivity contribution in [3.63, 3.8) is 0 Å². The summed E-state index contributed by atoms with van der Waals surface area (Å²) in [7, 11) is 0. The molecular weight excluding hydrogens is 242 g/mol. The molecule has 0 spiro atoms. The van der Waals surface area contributed by atoms with Crippen molar-refractivity contribution < 1.29 is 15.0 Å².